The van der Waals surface area contributed by atoms with Crippen molar-refractivity contribution in [2.24, 2.45) is 5.84 Å². The Bertz CT molecular complexity index is 340. The summed E-state index contributed by atoms with van der Waals surface area (Å²) in [4.78, 5) is 13.2. The van der Waals surface area contributed by atoms with Crippen LogP contribution in [0.2, 0.25) is 0 Å². The minimum Gasteiger partial charge on any atom is -0.345 e. The third kappa shape index (κ3) is 2.35. The lowest BCUT2D eigenvalue weighted by Gasteiger charge is -2.33. The highest BCUT2D eigenvalue weighted by atomic mass is 16.5. The van der Waals surface area contributed by atoms with E-state index in [1.807, 2.05) is 4.90 Å². The van der Waals surface area contributed by atoms with E-state index < -0.39 is 0 Å². The fourth-order valence-electron chi connectivity index (χ4n) is 1.77. The van der Waals surface area contributed by atoms with Gasteiger partial charge in [-0.1, -0.05) is 0 Å². The highest BCUT2D eigenvalue weighted by Gasteiger charge is 2.27. The Hall–Kier alpha value is -1.51. The summed E-state index contributed by atoms with van der Waals surface area (Å²) < 4.78 is 4.71. The van der Waals surface area contributed by atoms with Crippen LogP contribution in [0.1, 0.15) is 11.7 Å². The van der Waals surface area contributed by atoms with Crippen LogP contribution in [0, 0.1) is 0 Å². The molecule has 1 unspecified atom stereocenters. The maximum absolute atomic E-state index is 11.2. The van der Waals surface area contributed by atoms with Crippen LogP contribution in [0.15, 0.2) is 10.8 Å². The van der Waals surface area contributed by atoms with Crippen molar-refractivity contribution in [1.29, 1.82) is 0 Å². The van der Waals surface area contributed by atoms with Crippen molar-refractivity contribution in [3.63, 3.8) is 0 Å². The zero-order valence-corrected chi connectivity index (χ0v) is 8.72. The molecule has 1 aromatic rings. The van der Waals surface area contributed by atoms with Crippen molar-refractivity contribution in [2.45, 2.75) is 6.04 Å². The van der Waals surface area contributed by atoms with Crippen molar-refractivity contribution in [3.8, 4) is 0 Å². The van der Waals surface area contributed by atoms with Crippen LogP contribution in [0.5, 0.6) is 0 Å². The van der Waals surface area contributed by atoms with Crippen molar-refractivity contribution < 1.29 is 9.32 Å². The normalized spacial score (nSPS) is 21.9. The van der Waals surface area contributed by atoms with Gasteiger partial charge in [0, 0.05) is 24.9 Å². The number of nitrogens with one attached hydrogen (secondary N) is 2. The number of rotatable bonds is 3. The summed E-state index contributed by atoms with van der Waals surface area (Å²) >= 11 is 0. The average molecular weight is 226 g/mol. The van der Waals surface area contributed by atoms with Crippen molar-refractivity contribution in [2.75, 3.05) is 26.2 Å². The molecule has 2 heterocycles. The summed E-state index contributed by atoms with van der Waals surface area (Å²) in [7, 11) is 0. The molecule has 8 heteroatoms. The fourth-order valence-corrected chi connectivity index (χ4v) is 1.77. The summed E-state index contributed by atoms with van der Waals surface area (Å²) in [5.74, 6) is 4.85. The molecule has 0 bridgehead atoms. The summed E-state index contributed by atoms with van der Waals surface area (Å²) in [6, 6.07) is -0.00250. The highest BCUT2D eigenvalue weighted by molar-refractivity contribution is 5.77. The van der Waals surface area contributed by atoms with E-state index in [9.17, 15) is 4.79 Å². The number of amides is 1. The van der Waals surface area contributed by atoms with Crippen LogP contribution in [-0.2, 0) is 4.79 Å². The van der Waals surface area contributed by atoms with E-state index in [0.717, 1.165) is 18.8 Å². The van der Waals surface area contributed by atoms with E-state index in [2.05, 4.69) is 21.1 Å². The third-order valence-corrected chi connectivity index (χ3v) is 2.58. The fraction of sp³-hybridized carbons (Fsp3) is 0.625. The number of hydrogen-bond donors (Lipinski definition) is 3. The number of piperazine rings is 1. The van der Waals surface area contributed by atoms with Crippen LogP contribution >= 0.6 is 0 Å². The number of hydrazine groups is 1. The summed E-state index contributed by atoms with van der Waals surface area (Å²) in [5, 5.41) is 10.5. The molecule has 4 N–H and O–H groups in total. The van der Waals surface area contributed by atoms with E-state index in [1.54, 1.807) is 0 Å². The van der Waals surface area contributed by atoms with Gasteiger partial charge in [-0.25, -0.2) is 5.84 Å². The van der Waals surface area contributed by atoms with Crippen LogP contribution in [0.25, 0.3) is 0 Å². The van der Waals surface area contributed by atoms with Gasteiger partial charge in [0.25, 0.3) is 0 Å². The quantitative estimate of drug-likeness (QED) is 0.311. The van der Waals surface area contributed by atoms with Crippen molar-refractivity contribution >= 4 is 5.91 Å². The van der Waals surface area contributed by atoms with Gasteiger partial charge in [-0.3, -0.25) is 15.1 Å². The molecule has 0 aliphatic carbocycles. The Morgan fingerprint density at radius 2 is 2.69 bits per heavy atom. The maximum atomic E-state index is 11.2. The number of carbonyl (C=O) groups is 1. The smallest absolute Gasteiger partial charge is 0.248 e. The molecule has 0 saturated carbocycles. The first-order chi connectivity index (χ1) is 7.81. The Balaban J connectivity index is 2.05. The van der Waals surface area contributed by atoms with Gasteiger partial charge >= 0.3 is 0 Å². The van der Waals surface area contributed by atoms with E-state index in [0.29, 0.717) is 6.54 Å². The SMILES string of the molecule is NNC(=O)CN1CCNCC1c1conn1. The van der Waals surface area contributed by atoms with Gasteiger partial charge in [-0.2, -0.15) is 0 Å². The van der Waals surface area contributed by atoms with Crippen LogP contribution in [0.4, 0.5) is 0 Å². The van der Waals surface area contributed by atoms with E-state index in [-0.39, 0.29) is 18.5 Å². The maximum Gasteiger partial charge on any atom is 0.248 e. The van der Waals surface area contributed by atoms with Gasteiger partial charge in [-0.05, 0) is 0 Å². The number of nitrogens with two attached hydrogens (primary N) is 1. The second-order valence-electron chi connectivity index (χ2n) is 3.59. The minimum absolute atomic E-state index is 0.00250. The summed E-state index contributed by atoms with van der Waals surface area (Å²) in [6.45, 7) is 2.55. The standard InChI is InChI=1S/C8H14N6O2/c9-11-8(15)4-14-2-1-10-3-7(14)6-5-16-13-12-6/h5,7,10H,1-4,9H2,(H,11,15). The molecule has 8 nitrogen and oxygen atoms in total. The van der Waals surface area contributed by atoms with Gasteiger partial charge in [0.2, 0.25) is 5.91 Å². The topological polar surface area (TPSA) is 109 Å². The lowest BCUT2D eigenvalue weighted by Crippen LogP contribution is -2.50. The molecule has 1 aliphatic heterocycles. The Labute approximate surface area is 92.1 Å². The molecule has 1 aliphatic rings. The van der Waals surface area contributed by atoms with E-state index >= 15 is 0 Å². The molecule has 0 spiro atoms. The molecular formula is C8H14N6O2. The molecule has 1 fully saturated rings. The highest BCUT2D eigenvalue weighted by Crippen LogP contribution is 2.19. The van der Waals surface area contributed by atoms with Crippen LogP contribution < -0.4 is 16.6 Å². The van der Waals surface area contributed by atoms with Gasteiger partial charge in [0.05, 0.1) is 12.6 Å². The van der Waals surface area contributed by atoms with Gasteiger partial charge in [0.15, 0.2) is 0 Å². The minimum atomic E-state index is -0.219. The number of nitrogens with zero attached hydrogens (tertiary/aromatic N) is 3. The molecule has 1 atom stereocenters. The summed E-state index contributed by atoms with van der Waals surface area (Å²) in [5.41, 5.74) is 2.84. The molecule has 0 radical (unpaired) electrons. The molecule has 1 saturated heterocycles. The molecule has 16 heavy (non-hydrogen) atoms. The first-order valence-corrected chi connectivity index (χ1v) is 5.02. The largest absolute Gasteiger partial charge is 0.345 e. The summed E-state index contributed by atoms with van der Waals surface area (Å²) in [6.07, 6.45) is 1.49. The van der Waals surface area contributed by atoms with E-state index in [4.69, 9.17) is 10.4 Å². The monoisotopic (exact) mass is 226 g/mol. The average Bonchev–Trinajstić information content (AvgIpc) is 2.83. The van der Waals surface area contributed by atoms with Crippen LogP contribution in [-0.4, -0.2) is 47.4 Å². The number of aromatic nitrogens is 2. The molecule has 2 rings (SSSR count). The number of carbonyl (C=O) groups excluding carboxylic acids is 1. The van der Waals surface area contributed by atoms with Crippen molar-refractivity contribution in [1.82, 2.24) is 26.0 Å². The predicted octanol–water partition coefficient (Wildman–Crippen LogP) is -1.99. The second kappa shape index (κ2) is 5.01. The van der Waals surface area contributed by atoms with E-state index in [1.165, 1.54) is 6.26 Å². The molecule has 1 amide bonds. The first kappa shape index (κ1) is 11.0. The lowest BCUT2D eigenvalue weighted by molar-refractivity contribution is -0.123. The Morgan fingerprint density at radius 1 is 1.81 bits per heavy atom. The van der Waals surface area contributed by atoms with Crippen molar-refractivity contribution in [3.05, 3.63) is 12.0 Å². The Morgan fingerprint density at radius 3 is 3.38 bits per heavy atom. The lowest BCUT2D eigenvalue weighted by atomic mass is 10.1. The Kier molecular flexibility index (Phi) is 3.44. The van der Waals surface area contributed by atoms with Gasteiger partial charge in [-0.15, -0.1) is 5.10 Å². The molecular weight excluding hydrogens is 212 g/mol. The first-order valence-electron chi connectivity index (χ1n) is 5.02. The predicted molar refractivity (Wildman–Crippen MR) is 53.8 cm³/mol. The molecule has 1 aromatic heterocycles. The van der Waals surface area contributed by atoms with Gasteiger partial charge < -0.3 is 9.84 Å². The second-order valence-corrected chi connectivity index (χ2v) is 3.59. The number of hydrogen-bond acceptors (Lipinski definition) is 7. The van der Waals surface area contributed by atoms with Crippen LogP contribution in [0.3, 0.4) is 0 Å². The zero-order valence-electron chi connectivity index (χ0n) is 8.72. The molecule has 0 aromatic carbocycles. The third-order valence-electron chi connectivity index (χ3n) is 2.58. The van der Waals surface area contributed by atoms with Gasteiger partial charge in [0.1, 0.15) is 12.0 Å². The zero-order chi connectivity index (χ0) is 11.4. The molecule has 88 valence electrons.